The van der Waals surface area contributed by atoms with Gasteiger partial charge in [0.2, 0.25) is 0 Å². The first-order valence-corrected chi connectivity index (χ1v) is 6.75. The van der Waals surface area contributed by atoms with E-state index in [1.165, 1.54) is 0 Å². The van der Waals surface area contributed by atoms with Gasteiger partial charge in [-0.1, -0.05) is 12.1 Å². The van der Waals surface area contributed by atoms with Gasteiger partial charge in [0, 0.05) is 5.69 Å². The number of rotatable bonds is 5. The van der Waals surface area contributed by atoms with Crippen molar-refractivity contribution in [3.63, 3.8) is 0 Å². The van der Waals surface area contributed by atoms with Gasteiger partial charge >= 0.3 is 0 Å². The summed E-state index contributed by atoms with van der Waals surface area (Å²) in [6.07, 6.45) is 1.65. The van der Waals surface area contributed by atoms with E-state index in [-0.39, 0.29) is 5.91 Å². The molecule has 2 aromatic rings. The predicted octanol–water partition coefficient (Wildman–Crippen LogP) is 1.55. The first-order valence-electron chi connectivity index (χ1n) is 6.75. The minimum Gasteiger partial charge on any atom is -0.463 e. The molecule has 1 unspecified atom stereocenters. The summed E-state index contributed by atoms with van der Waals surface area (Å²) < 4.78 is 5.29. The van der Waals surface area contributed by atoms with Crippen molar-refractivity contribution in [1.29, 1.82) is 0 Å². The number of nitrogens with one attached hydrogen (secondary N) is 2. The Morgan fingerprint density at radius 1 is 1.30 bits per heavy atom. The number of carbonyl (C=O) groups excluding carboxylic acids is 1. The fourth-order valence-corrected chi connectivity index (χ4v) is 2.11. The third kappa shape index (κ3) is 3.96. The van der Waals surface area contributed by atoms with Crippen LogP contribution >= 0.6 is 0 Å². The Morgan fingerprint density at radius 3 is 2.80 bits per heavy atom. The molecule has 0 saturated heterocycles. The smallest absolute Gasteiger partial charge is 0.279 e. The third-order valence-corrected chi connectivity index (χ3v) is 3.19. The van der Waals surface area contributed by atoms with Crippen molar-refractivity contribution in [2.24, 2.45) is 0 Å². The van der Waals surface area contributed by atoms with Gasteiger partial charge < -0.3 is 14.6 Å². The molecule has 1 aromatic heterocycles. The molecule has 1 aromatic carbocycles. The van der Waals surface area contributed by atoms with Gasteiger partial charge in [-0.3, -0.25) is 4.79 Å². The summed E-state index contributed by atoms with van der Waals surface area (Å²) in [5.74, 6) is 0.907. The van der Waals surface area contributed by atoms with Crippen LogP contribution in [-0.2, 0) is 11.3 Å². The van der Waals surface area contributed by atoms with Crippen molar-refractivity contribution < 1.29 is 14.1 Å². The van der Waals surface area contributed by atoms with Crippen LogP contribution in [0.5, 0.6) is 0 Å². The molecular formula is C16H21N2O2+. The molecule has 0 aliphatic carbocycles. The maximum Gasteiger partial charge on any atom is 0.279 e. The normalized spacial score (nSPS) is 12.2. The molecule has 0 aliphatic heterocycles. The molecule has 0 bridgehead atoms. The van der Waals surface area contributed by atoms with Crippen LogP contribution in [0.3, 0.4) is 0 Å². The van der Waals surface area contributed by atoms with Crippen molar-refractivity contribution >= 4 is 11.6 Å². The second-order valence-electron chi connectivity index (χ2n) is 5.26. The van der Waals surface area contributed by atoms with Crippen molar-refractivity contribution in [3.05, 3.63) is 53.5 Å². The summed E-state index contributed by atoms with van der Waals surface area (Å²) in [6.45, 7) is 5.12. The van der Waals surface area contributed by atoms with Gasteiger partial charge in [-0.05, 0) is 43.2 Å². The van der Waals surface area contributed by atoms with E-state index in [0.717, 1.165) is 27.5 Å². The highest BCUT2D eigenvalue weighted by Crippen LogP contribution is 2.15. The Kier molecular flexibility index (Phi) is 4.58. The van der Waals surface area contributed by atoms with Gasteiger partial charge in [-0.2, -0.15) is 0 Å². The number of quaternary nitrogens is 1. The first kappa shape index (κ1) is 14.3. The third-order valence-electron chi connectivity index (χ3n) is 3.19. The highest BCUT2D eigenvalue weighted by molar-refractivity contribution is 5.92. The summed E-state index contributed by atoms with van der Waals surface area (Å²) >= 11 is 0. The zero-order chi connectivity index (χ0) is 14.5. The predicted molar refractivity (Wildman–Crippen MR) is 78.7 cm³/mol. The second kappa shape index (κ2) is 6.39. The molecule has 0 radical (unpaired) electrons. The molecule has 0 fully saturated rings. The highest BCUT2D eigenvalue weighted by Gasteiger charge is 2.12. The molecule has 2 N–H and O–H groups in total. The lowest BCUT2D eigenvalue weighted by Gasteiger charge is -2.13. The maximum absolute atomic E-state index is 12.1. The van der Waals surface area contributed by atoms with Crippen LogP contribution in [-0.4, -0.2) is 19.5 Å². The molecule has 106 valence electrons. The van der Waals surface area contributed by atoms with Gasteiger partial charge in [0.05, 0.1) is 13.3 Å². The zero-order valence-electron chi connectivity index (χ0n) is 12.2. The molecule has 20 heavy (non-hydrogen) atoms. The SMILES string of the molecule is Cc1ccc(C)c(NC(=O)C[NH+](C)Cc2ccco2)c1. The van der Waals surface area contributed by atoms with Crippen LogP contribution in [0.1, 0.15) is 16.9 Å². The van der Waals surface area contributed by atoms with Crippen LogP contribution in [0.2, 0.25) is 0 Å². The average molecular weight is 273 g/mol. The lowest BCUT2D eigenvalue weighted by atomic mass is 10.1. The van der Waals surface area contributed by atoms with Crippen LogP contribution in [0, 0.1) is 13.8 Å². The number of hydrogen-bond acceptors (Lipinski definition) is 2. The Labute approximate surface area is 119 Å². The molecule has 4 nitrogen and oxygen atoms in total. The van der Waals surface area contributed by atoms with E-state index in [4.69, 9.17) is 4.42 Å². The number of carbonyl (C=O) groups is 1. The number of likely N-dealkylation sites (N-methyl/N-ethyl adjacent to an activating group) is 1. The minimum atomic E-state index is 0.0164. The lowest BCUT2D eigenvalue weighted by molar-refractivity contribution is -0.886. The number of amides is 1. The Bertz CT molecular complexity index is 576. The van der Waals surface area contributed by atoms with E-state index in [9.17, 15) is 4.79 Å². The molecular weight excluding hydrogens is 252 g/mol. The van der Waals surface area contributed by atoms with E-state index in [0.29, 0.717) is 13.1 Å². The fourth-order valence-electron chi connectivity index (χ4n) is 2.11. The fraction of sp³-hybridized carbons (Fsp3) is 0.312. The summed E-state index contributed by atoms with van der Waals surface area (Å²) in [5.41, 5.74) is 3.11. The standard InChI is InChI=1S/C16H20N2O2/c1-12-6-7-13(2)15(9-12)17-16(19)11-18(3)10-14-5-4-8-20-14/h4-9H,10-11H2,1-3H3,(H,17,19)/p+1. The summed E-state index contributed by atoms with van der Waals surface area (Å²) in [6, 6.07) is 9.84. The second-order valence-corrected chi connectivity index (χ2v) is 5.26. The summed E-state index contributed by atoms with van der Waals surface area (Å²) in [4.78, 5) is 13.1. The number of anilines is 1. The topological polar surface area (TPSA) is 46.7 Å². The van der Waals surface area contributed by atoms with E-state index in [2.05, 4.69) is 5.32 Å². The molecule has 4 heteroatoms. The maximum atomic E-state index is 12.1. The lowest BCUT2D eigenvalue weighted by Crippen LogP contribution is -3.08. The number of benzene rings is 1. The van der Waals surface area contributed by atoms with Crippen molar-refractivity contribution in [2.75, 3.05) is 18.9 Å². The molecule has 0 saturated carbocycles. The summed E-state index contributed by atoms with van der Waals surface area (Å²) in [5, 5.41) is 2.97. The number of furan rings is 1. The van der Waals surface area contributed by atoms with Gasteiger partial charge in [-0.25, -0.2) is 0 Å². The van der Waals surface area contributed by atoms with Gasteiger partial charge in [0.1, 0.15) is 6.54 Å². The molecule has 0 aliphatic rings. The van der Waals surface area contributed by atoms with Crippen LogP contribution in [0.15, 0.2) is 41.0 Å². The van der Waals surface area contributed by atoms with Crippen molar-refractivity contribution in [3.8, 4) is 0 Å². The van der Waals surface area contributed by atoms with Crippen LogP contribution in [0.25, 0.3) is 0 Å². The molecule has 1 amide bonds. The Morgan fingerprint density at radius 2 is 2.10 bits per heavy atom. The quantitative estimate of drug-likeness (QED) is 0.868. The van der Waals surface area contributed by atoms with Crippen LogP contribution in [0.4, 0.5) is 5.69 Å². The summed E-state index contributed by atoms with van der Waals surface area (Å²) in [7, 11) is 1.98. The van der Waals surface area contributed by atoms with E-state index in [1.54, 1.807) is 6.26 Å². The highest BCUT2D eigenvalue weighted by atomic mass is 16.3. The van der Waals surface area contributed by atoms with E-state index in [1.807, 2.05) is 51.2 Å². The molecule has 1 heterocycles. The van der Waals surface area contributed by atoms with Crippen molar-refractivity contribution in [1.82, 2.24) is 0 Å². The van der Waals surface area contributed by atoms with Crippen LogP contribution < -0.4 is 10.2 Å². The molecule has 1 atom stereocenters. The molecule has 2 rings (SSSR count). The average Bonchev–Trinajstić information content (AvgIpc) is 2.86. The number of hydrogen-bond donors (Lipinski definition) is 2. The van der Waals surface area contributed by atoms with Crippen molar-refractivity contribution in [2.45, 2.75) is 20.4 Å². The van der Waals surface area contributed by atoms with E-state index >= 15 is 0 Å². The number of aryl methyl sites for hydroxylation is 2. The van der Waals surface area contributed by atoms with E-state index < -0.39 is 0 Å². The van der Waals surface area contributed by atoms with Gasteiger partial charge in [0.15, 0.2) is 12.3 Å². The van der Waals surface area contributed by atoms with Gasteiger partial charge in [-0.15, -0.1) is 0 Å². The first-order chi connectivity index (χ1) is 9.54. The van der Waals surface area contributed by atoms with Gasteiger partial charge in [0.25, 0.3) is 5.91 Å². The Hall–Kier alpha value is -2.07. The monoisotopic (exact) mass is 273 g/mol. The molecule has 0 spiro atoms. The largest absolute Gasteiger partial charge is 0.463 e. The zero-order valence-corrected chi connectivity index (χ0v) is 12.2. The minimum absolute atomic E-state index is 0.0164. The Balaban J connectivity index is 1.90.